The maximum Gasteiger partial charge on any atom is 0.167 e. The van der Waals surface area contributed by atoms with Crippen LogP contribution in [0, 0.1) is 11.7 Å². The average Bonchev–Trinajstić information content (AvgIpc) is 2.76. The maximum absolute atomic E-state index is 13.7. The third-order valence-electron chi connectivity index (χ3n) is 3.54. The summed E-state index contributed by atoms with van der Waals surface area (Å²) in [5, 5.41) is 3.32. The van der Waals surface area contributed by atoms with Gasteiger partial charge in [-0.15, -0.1) is 0 Å². The normalized spacial score (nSPS) is 19.6. The quantitative estimate of drug-likeness (QED) is 0.814. The number of anilines is 2. The lowest BCUT2D eigenvalue weighted by atomic mass is 10.1. The highest BCUT2D eigenvalue weighted by Crippen LogP contribution is 2.29. The Morgan fingerprint density at radius 2 is 2.25 bits per heavy atom. The molecule has 1 saturated heterocycles. The lowest BCUT2D eigenvalue weighted by Gasteiger charge is -2.17. The Bertz CT molecular complexity index is 465. The number of likely N-dealkylation sites (tertiary alicyclic amines) is 1. The standard InChI is InChI=1S/C15H24FN3O/c1-10(2)20-15-7-14(13(17)6-12(15)16)18-8-11-4-5-19(3)9-11/h6-7,10-11,18H,4-5,8-9,17H2,1-3H3. The Balaban J connectivity index is 2.03. The first-order valence-electron chi connectivity index (χ1n) is 7.13. The van der Waals surface area contributed by atoms with E-state index in [2.05, 4.69) is 17.3 Å². The molecule has 1 aromatic rings. The predicted molar refractivity (Wildman–Crippen MR) is 80.7 cm³/mol. The molecule has 0 amide bonds. The number of hydrogen-bond acceptors (Lipinski definition) is 4. The summed E-state index contributed by atoms with van der Waals surface area (Å²) >= 11 is 0. The Morgan fingerprint density at radius 1 is 1.50 bits per heavy atom. The summed E-state index contributed by atoms with van der Waals surface area (Å²) < 4.78 is 19.2. The van der Waals surface area contributed by atoms with E-state index in [9.17, 15) is 4.39 Å². The molecular formula is C15H24FN3O. The molecule has 0 saturated carbocycles. The second-order valence-electron chi connectivity index (χ2n) is 5.83. The van der Waals surface area contributed by atoms with Crippen molar-refractivity contribution < 1.29 is 9.13 Å². The summed E-state index contributed by atoms with van der Waals surface area (Å²) in [6.45, 7) is 6.81. The highest BCUT2D eigenvalue weighted by Gasteiger charge is 2.19. The summed E-state index contributed by atoms with van der Waals surface area (Å²) in [5.74, 6) is 0.446. The molecule has 4 nitrogen and oxygen atoms in total. The number of rotatable bonds is 5. The van der Waals surface area contributed by atoms with E-state index in [0.29, 0.717) is 11.6 Å². The van der Waals surface area contributed by atoms with Crippen molar-refractivity contribution in [1.82, 2.24) is 4.90 Å². The first-order valence-corrected chi connectivity index (χ1v) is 7.13. The topological polar surface area (TPSA) is 50.5 Å². The van der Waals surface area contributed by atoms with E-state index < -0.39 is 5.82 Å². The van der Waals surface area contributed by atoms with E-state index in [1.807, 2.05) is 13.8 Å². The number of benzene rings is 1. The summed E-state index contributed by atoms with van der Waals surface area (Å²) in [7, 11) is 2.13. The third kappa shape index (κ3) is 3.76. The summed E-state index contributed by atoms with van der Waals surface area (Å²) in [4.78, 5) is 2.31. The van der Waals surface area contributed by atoms with Crippen LogP contribution in [-0.4, -0.2) is 37.7 Å². The van der Waals surface area contributed by atoms with Crippen molar-refractivity contribution in [1.29, 1.82) is 0 Å². The SMILES string of the molecule is CC(C)Oc1cc(NCC2CCN(C)C2)c(N)cc1F. The van der Waals surface area contributed by atoms with Gasteiger partial charge in [-0.2, -0.15) is 0 Å². The number of ether oxygens (including phenoxy) is 1. The molecule has 5 heteroatoms. The molecule has 1 aliphatic heterocycles. The number of nitrogens with one attached hydrogen (secondary N) is 1. The molecule has 0 aromatic heterocycles. The van der Waals surface area contributed by atoms with Gasteiger partial charge >= 0.3 is 0 Å². The highest BCUT2D eigenvalue weighted by molar-refractivity contribution is 5.68. The third-order valence-corrected chi connectivity index (χ3v) is 3.54. The minimum Gasteiger partial charge on any atom is -0.488 e. The molecule has 0 radical (unpaired) electrons. The van der Waals surface area contributed by atoms with Crippen molar-refractivity contribution in [2.45, 2.75) is 26.4 Å². The van der Waals surface area contributed by atoms with Crippen LogP contribution >= 0.6 is 0 Å². The Hall–Kier alpha value is -1.49. The van der Waals surface area contributed by atoms with Gasteiger partial charge in [0.15, 0.2) is 11.6 Å². The van der Waals surface area contributed by atoms with E-state index in [1.165, 1.54) is 12.5 Å². The van der Waals surface area contributed by atoms with Crippen LogP contribution in [0.3, 0.4) is 0 Å². The van der Waals surface area contributed by atoms with Gasteiger partial charge < -0.3 is 20.7 Å². The van der Waals surface area contributed by atoms with Gasteiger partial charge in [0, 0.05) is 25.2 Å². The minimum atomic E-state index is -0.414. The van der Waals surface area contributed by atoms with Gasteiger partial charge in [-0.1, -0.05) is 0 Å². The highest BCUT2D eigenvalue weighted by atomic mass is 19.1. The molecule has 0 bridgehead atoms. The molecule has 1 aliphatic rings. The average molecular weight is 281 g/mol. The second kappa shape index (κ2) is 6.31. The van der Waals surface area contributed by atoms with E-state index in [4.69, 9.17) is 10.5 Å². The molecule has 1 unspecified atom stereocenters. The first kappa shape index (κ1) is 14.9. The van der Waals surface area contributed by atoms with Crippen LogP contribution in [0.1, 0.15) is 20.3 Å². The minimum absolute atomic E-state index is 0.0653. The van der Waals surface area contributed by atoms with Crippen LogP contribution in [0.2, 0.25) is 0 Å². The monoisotopic (exact) mass is 281 g/mol. The number of nitrogens with zero attached hydrogens (tertiary/aromatic N) is 1. The Morgan fingerprint density at radius 3 is 2.85 bits per heavy atom. The predicted octanol–water partition coefficient (Wildman–Crippen LogP) is 2.56. The molecule has 1 atom stereocenters. The lowest BCUT2D eigenvalue weighted by molar-refractivity contribution is 0.231. The fourth-order valence-corrected chi connectivity index (χ4v) is 2.51. The van der Waals surface area contributed by atoms with Crippen LogP contribution in [0.4, 0.5) is 15.8 Å². The van der Waals surface area contributed by atoms with Gasteiger partial charge in [-0.05, 0) is 39.8 Å². The van der Waals surface area contributed by atoms with Gasteiger partial charge in [-0.25, -0.2) is 4.39 Å². The van der Waals surface area contributed by atoms with Crippen LogP contribution < -0.4 is 15.8 Å². The largest absolute Gasteiger partial charge is 0.488 e. The number of nitrogens with two attached hydrogens (primary N) is 1. The molecule has 0 spiro atoms. The molecule has 1 aromatic carbocycles. The fraction of sp³-hybridized carbons (Fsp3) is 0.600. The van der Waals surface area contributed by atoms with Crippen molar-refractivity contribution in [3.05, 3.63) is 17.9 Å². The van der Waals surface area contributed by atoms with Crippen LogP contribution in [0.25, 0.3) is 0 Å². The van der Waals surface area contributed by atoms with Crippen molar-refractivity contribution in [3.63, 3.8) is 0 Å². The van der Waals surface area contributed by atoms with Crippen LogP contribution in [-0.2, 0) is 0 Å². The summed E-state index contributed by atoms with van der Waals surface area (Å²) in [6, 6.07) is 2.98. The van der Waals surface area contributed by atoms with Crippen molar-refractivity contribution in [3.8, 4) is 5.75 Å². The molecule has 1 fully saturated rings. The van der Waals surface area contributed by atoms with Crippen molar-refractivity contribution >= 4 is 11.4 Å². The smallest absolute Gasteiger partial charge is 0.167 e. The van der Waals surface area contributed by atoms with Gasteiger partial charge in [-0.3, -0.25) is 0 Å². The van der Waals surface area contributed by atoms with E-state index in [0.717, 1.165) is 25.3 Å². The van der Waals surface area contributed by atoms with Gasteiger partial charge in [0.25, 0.3) is 0 Å². The zero-order chi connectivity index (χ0) is 14.7. The Labute approximate surface area is 120 Å². The molecular weight excluding hydrogens is 257 g/mol. The molecule has 112 valence electrons. The zero-order valence-corrected chi connectivity index (χ0v) is 12.4. The van der Waals surface area contributed by atoms with Crippen LogP contribution in [0.5, 0.6) is 5.75 Å². The molecule has 1 heterocycles. The van der Waals surface area contributed by atoms with E-state index in [1.54, 1.807) is 6.07 Å². The molecule has 3 N–H and O–H groups in total. The first-order chi connectivity index (χ1) is 9.45. The molecule has 20 heavy (non-hydrogen) atoms. The van der Waals surface area contributed by atoms with E-state index in [-0.39, 0.29) is 11.9 Å². The number of hydrogen-bond donors (Lipinski definition) is 2. The van der Waals surface area contributed by atoms with Crippen molar-refractivity contribution in [2.75, 3.05) is 37.7 Å². The summed E-state index contributed by atoms with van der Waals surface area (Å²) in [6.07, 6.45) is 1.12. The Kier molecular flexibility index (Phi) is 4.70. The molecule has 0 aliphatic carbocycles. The van der Waals surface area contributed by atoms with Crippen LogP contribution in [0.15, 0.2) is 12.1 Å². The van der Waals surface area contributed by atoms with Crippen molar-refractivity contribution in [2.24, 2.45) is 5.92 Å². The summed E-state index contributed by atoms with van der Waals surface area (Å²) in [5.41, 5.74) is 7.03. The van der Waals surface area contributed by atoms with Gasteiger partial charge in [0.1, 0.15) is 0 Å². The molecule has 2 rings (SSSR count). The second-order valence-corrected chi connectivity index (χ2v) is 5.83. The maximum atomic E-state index is 13.7. The zero-order valence-electron chi connectivity index (χ0n) is 12.4. The fourth-order valence-electron chi connectivity index (χ4n) is 2.51. The number of halogens is 1. The number of nitrogen functional groups attached to an aromatic ring is 1. The lowest BCUT2D eigenvalue weighted by Crippen LogP contribution is -2.19. The van der Waals surface area contributed by atoms with E-state index >= 15 is 0 Å². The van der Waals surface area contributed by atoms with Gasteiger partial charge in [0.2, 0.25) is 0 Å². The van der Waals surface area contributed by atoms with Gasteiger partial charge in [0.05, 0.1) is 17.5 Å².